The highest BCUT2D eigenvalue weighted by molar-refractivity contribution is 5.95. The number of hydrogen-bond donors (Lipinski definition) is 1. The minimum absolute atomic E-state index is 0.107. The Hall–Kier alpha value is -2.76. The summed E-state index contributed by atoms with van der Waals surface area (Å²) in [5, 5.41) is 2.42. The highest BCUT2D eigenvalue weighted by atomic mass is 16.5. The van der Waals surface area contributed by atoms with Crippen molar-refractivity contribution in [3.8, 4) is 0 Å². The Labute approximate surface area is 122 Å². The van der Waals surface area contributed by atoms with Gasteiger partial charge in [-0.3, -0.25) is 10.1 Å². The molecular weight excluding hydrogens is 270 g/mol. The number of aryl methyl sites for hydroxylation is 1. The summed E-state index contributed by atoms with van der Waals surface area (Å²) in [4.78, 5) is 30.9. The van der Waals surface area contributed by atoms with Gasteiger partial charge < -0.3 is 4.74 Å². The molecule has 0 unspecified atom stereocenters. The Morgan fingerprint density at radius 3 is 2.57 bits per heavy atom. The third kappa shape index (κ3) is 4.10. The molecule has 0 radical (unpaired) electrons. The molecule has 0 saturated carbocycles. The van der Waals surface area contributed by atoms with Gasteiger partial charge in [0.1, 0.15) is 6.61 Å². The number of Topliss-reactive ketones (excluding diaryl/α,β-unsaturated/α-hetero) is 1. The lowest BCUT2D eigenvalue weighted by molar-refractivity contribution is 0.101. The molecule has 0 spiro atoms. The van der Waals surface area contributed by atoms with Crippen LogP contribution in [0.5, 0.6) is 0 Å². The maximum Gasteiger partial charge on any atom is 0.414 e. The number of rotatable bonds is 4. The van der Waals surface area contributed by atoms with Crippen LogP contribution in [0.2, 0.25) is 0 Å². The van der Waals surface area contributed by atoms with Gasteiger partial charge in [0.2, 0.25) is 5.95 Å². The van der Waals surface area contributed by atoms with E-state index < -0.39 is 6.09 Å². The average Bonchev–Trinajstić information content (AvgIpc) is 2.46. The first kappa shape index (κ1) is 14.6. The molecule has 0 saturated heterocycles. The molecule has 2 rings (SSSR count). The van der Waals surface area contributed by atoms with Crippen molar-refractivity contribution in [1.82, 2.24) is 9.97 Å². The normalized spacial score (nSPS) is 10.0. The number of ketones is 1. The lowest BCUT2D eigenvalue weighted by atomic mass is 10.2. The highest BCUT2D eigenvalue weighted by Crippen LogP contribution is 2.08. The zero-order valence-electron chi connectivity index (χ0n) is 11.8. The van der Waals surface area contributed by atoms with E-state index in [1.807, 2.05) is 30.3 Å². The molecule has 1 aromatic carbocycles. The van der Waals surface area contributed by atoms with Crippen LogP contribution in [0.4, 0.5) is 10.7 Å². The van der Waals surface area contributed by atoms with Gasteiger partial charge in [-0.25, -0.2) is 14.8 Å². The van der Waals surface area contributed by atoms with E-state index in [1.165, 1.54) is 13.1 Å². The smallest absolute Gasteiger partial charge is 0.414 e. The number of amides is 1. The minimum Gasteiger partial charge on any atom is -0.444 e. The van der Waals surface area contributed by atoms with Gasteiger partial charge in [0.15, 0.2) is 5.78 Å². The zero-order valence-corrected chi connectivity index (χ0v) is 11.8. The number of carbonyl (C=O) groups is 2. The van der Waals surface area contributed by atoms with Crippen molar-refractivity contribution in [3.63, 3.8) is 0 Å². The van der Waals surface area contributed by atoms with Crippen LogP contribution < -0.4 is 5.32 Å². The molecule has 0 atom stereocenters. The van der Waals surface area contributed by atoms with E-state index in [9.17, 15) is 9.59 Å². The van der Waals surface area contributed by atoms with Crippen LogP contribution in [0, 0.1) is 6.92 Å². The molecule has 6 nitrogen and oxygen atoms in total. The number of aromatic nitrogens is 2. The van der Waals surface area contributed by atoms with Gasteiger partial charge in [-0.1, -0.05) is 30.3 Å². The van der Waals surface area contributed by atoms with Crippen LogP contribution in [0.3, 0.4) is 0 Å². The van der Waals surface area contributed by atoms with Crippen molar-refractivity contribution in [3.05, 3.63) is 53.3 Å². The summed E-state index contributed by atoms with van der Waals surface area (Å²) in [6, 6.07) is 9.33. The maximum absolute atomic E-state index is 11.6. The molecule has 0 aliphatic carbocycles. The van der Waals surface area contributed by atoms with Crippen molar-refractivity contribution in [1.29, 1.82) is 0 Å². The second kappa shape index (κ2) is 6.60. The van der Waals surface area contributed by atoms with Crippen LogP contribution in [-0.4, -0.2) is 21.8 Å². The standard InChI is InChI=1S/C15H15N3O3/c1-10-13(11(2)19)8-16-14(17-10)18-15(20)21-9-12-6-4-3-5-7-12/h3-8H,9H2,1-2H3,(H,16,17,18,20). The Balaban J connectivity index is 1.94. The van der Waals surface area contributed by atoms with Gasteiger partial charge in [0.25, 0.3) is 0 Å². The molecule has 6 heteroatoms. The van der Waals surface area contributed by atoms with Crippen LogP contribution in [0.1, 0.15) is 28.5 Å². The number of anilines is 1. The predicted molar refractivity (Wildman–Crippen MR) is 77.0 cm³/mol. The lowest BCUT2D eigenvalue weighted by Crippen LogP contribution is -2.16. The fourth-order valence-electron chi connectivity index (χ4n) is 1.72. The summed E-state index contributed by atoms with van der Waals surface area (Å²) >= 11 is 0. The van der Waals surface area contributed by atoms with Crippen molar-refractivity contribution < 1.29 is 14.3 Å². The van der Waals surface area contributed by atoms with Crippen LogP contribution in [0.15, 0.2) is 36.5 Å². The fraction of sp³-hybridized carbons (Fsp3) is 0.200. The van der Waals surface area contributed by atoms with E-state index in [1.54, 1.807) is 6.92 Å². The third-order valence-corrected chi connectivity index (χ3v) is 2.79. The average molecular weight is 285 g/mol. The van der Waals surface area contributed by atoms with Crippen molar-refractivity contribution in [2.75, 3.05) is 5.32 Å². The van der Waals surface area contributed by atoms with E-state index in [0.29, 0.717) is 11.3 Å². The molecule has 0 aliphatic heterocycles. The maximum atomic E-state index is 11.6. The summed E-state index contributed by atoms with van der Waals surface area (Å²) in [6.07, 6.45) is 0.742. The van der Waals surface area contributed by atoms with E-state index >= 15 is 0 Å². The predicted octanol–water partition coefficient (Wildman–Crippen LogP) is 2.74. The first-order valence-electron chi connectivity index (χ1n) is 6.38. The van der Waals surface area contributed by atoms with E-state index in [0.717, 1.165) is 5.56 Å². The Morgan fingerprint density at radius 2 is 1.95 bits per heavy atom. The fourth-order valence-corrected chi connectivity index (χ4v) is 1.72. The number of ether oxygens (including phenoxy) is 1. The summed E-state index contributed by atoms with van der Waals surface area (Å²) in [5.41, 5.74) is 1.82. The summed E-state index contributed by atoms with van der Waals surface area (Å²) in [5.74, 6) is -0.0127. The van der Waals surface area contributed by atoms with Gasteiger partial charge in [-0.05, 0) is 19.4 Å². The number of hydrogen-bond acceptors (Lipinski definition) is 5. The monoisotopic (exact) mass is 285 g/mol. The molecule has 0 aliphatic rings. The molecule has 2 aromatic rings. The van der Waals surface area contributed by atoms with Crippen molar-refractivity contribution >= 4 is 17.8 Å². The second-order valence-electron chi connectivity index (χ2n) is 4.44. The van der Waals surface area contributed by atoms with Gasteiger partial charge in [0, 0.05) is 6.20 Å². The minimum atomic E-state index is -0.645. The van der Waals surface area contributed by atoms with Crippen LogP contribution in [0.25, 0.3) is 0 Å². The lowest BCUT2D eigenvalue weighted by Gasteiger charge is -2.07. The number of nitrogens with one attached hydrogen (secondary N) is 1. The van der Waals surface area contributed by atoms with Gasteiger partial charge in [0.05, 0.1) is 11.3 Å². The second-order valence-corrected chi connectivity index (χ2v) is 4.44. The molecule has 1 heterocycles. The Kier molecular flexibility index (Phi) is 4.61. The molecule has 1 N–H and O–H groups in total. The summed E-state index contributed by atoms with van der Waals surface area (Å²) in [6.45, 7) is 3.28. The Morgan fingerprint density at radius 1 is 1.24 bits per heavy atom. The first-order chi connectivity index (χ1) is 10.1. The molecule has 21 heavy (non-hydrogen) atoms. The third-order valence-electron chi connectivity index (χ3n) is 2.79. The molecule has 0 fully saturated rings. The number of benzene rings is 1. The van der Waals surface area contributed by atoms with Crippen molar-refractivity contribution in [2.45, 2.75) is 20.5 Å². The highest BCUT2D eigenvalue weighted by Gasteiger charge is 2.10. The van der Waals surface area contributed by atoms with Gasteiger partial charge in [-0.2, -0.15) is 0 Å². The van der Waals surface area contributed by atoms with E-state index in [-0.39, 0.29) is 18.3 Å². The SMILES string of the molecule is CC(=O)c1cnc(NC(=O)OCc2ccccc2)nc1C. The quantitative estimate of drug-likeness (QED) is 0.873. The van der Waals surface area contributed by atoms with Gasteiger partial charge >= 0.3 is 6.09 Å². The molecule has 0 bridgehead atoms. The summed E-state index contributed by atoms with van der Waals surface area (Å²) < 4.78 is 5.05. The summed E-state index contributed by atoms with van der Waals surface area (Å²) in [7, 11) is 0. The van der Waals surface area contributed by atoms with Crippen LogP contribution in [-0.2, 0) is 11.3 Å². The zero-order chi connectivity index (χ0) is 15.2. The van der Waals surface area contributed by atoms with Crippen LogP contribution >= 0.6 is 0 Å². The Bertz CT molecular complexity index is 656. The van der Waals surface area contributed by atoms with Crippen molar-refractivity contribution in [2.24, 2.45) is 0 Å². The number of nitrogens with zero attached hydrogens (tertiary/aromatic N) is 2. The molecule has 1 amide bonds. The van der Waals surface area contributed by atoms with Gasteiger partial charge in [-0.15, -0.1) is 0 Å². The number of carbonyl (C=O) groups excluding carboxylic acids is 2. The molecule has 1 aromatic heterocycles. The topological polar surface area (TPSA) is 81.2 Å². The van der Waals surface area contributed by atoms with E-state index in [4.69, 9.17) is 4.74 Å². The largest absolute Gasteiger partial charge is 0.444 e. The first-order valence-corrected chi connectivity index (χ1v) is 6.38. The molecule has 108 valence electrons. The van der Waals surface area contributed by atoms with E-state index in [2.05, 4.69) is 15.3 Å². The molecular formula is C15H15N3O3.